The SMILES string of the molecule is C=CCN1C(=O)C(=Cc2cc([N+](=O)[O-])ccc2OC)C(=O)NC1=S. The van der Waals surface area contributed by atoms with Crippen molar-refractivity contribution >= 4 is 40.9 Å². The number of hydrogen-bond acceptors (Lipinski definition) is 6. The molecule has 0 radical (unpaired) electrons. The quantitative estimate of drug-likeness (QED) is 0.216. The van der Waals surface area contributed by atoms with E-state index in [9.17, 15) is 19.7 Å². The molecule has 24 heavy (non-hydrogen) atoms. The number of methoxy groups -OCH3 is 1. The summed E-state index contributed by atoms with van der Waals surface area (Å²) in [4.78, 5) is 36.0. The Morgan fingerprint density at radius 2 is 2.17 bits per heavy atom. The van der Waals surface area contributed by atoms with Gasteiger partial charge in [-0.25, -0.2) is 0 Å². The highest BCUT2D eigenvalue weighted by atomic mass is 32.1. The number of nitro groups is 1. The van der Waals surface area contributed by atoms with Crippen molar-refractivity contribution in [3.8, 4) is 5.75 Å². The average molecular weight is 347 g/mol. The van der Waals surface area contributed by atoms with Gasteiger partial charge in [0.05, 0.1) is 12.0 Å². The lowest BCUT2D eigenvalue weighted by atomic mass is 10.1. The van der Waals surface area contributed by atoms with E-state index in [1.165, 1.54) is 42.4 Å². The summed E-state index contributed by atoms with van der Waals surface area (Å²) < 4.78 is 5.12. The fourth-order valence-electron chi connectivity index (χ4n) is 2.09. The molecule has 0 bridgehead atoms. The first-order valence-corrected chi connectivity index (χ1v) is 7.12. The molecule has 0 aromatic heterocycles. The van der Waals surface area contributed by atoms with Gasteiger partial charge >= 0.3 is 0 Å². The molecule has 2 amide bonds. The van der Waals surface area contributed by atoms with Crippen LogP contribution >= 0.6 is 12.2 Å². The van der Waals surface area contributed by atoms with E-state index in [-0.39, 0.29) is 34.2 Å². The summed E-state index contributed by atoms with van der Waals surface area (Å²) in [6, 6.07) is 3.88. The molecule has 0 atom stereocenters. The van der Waals surface area contributed by atoms with Crippen molar-refractivity contribution in [1.29, 1.82) is 0 Å². The van der Waals surface area contributed by atoms with Gasteiger partial charge in [-0.1, -0.05) is 6.08 Å². The predicted molar refractivity (Wildman–Crippen MR) is 90.3 cm³/mol. The Labute approximate surface area is 142 Å². The number of amides is 2. The molecule has 1 aromatic rings. The second-order valence-electron chi connectivity index (χ2n) is 4.71. The van der Waals surface area contributed by atoms with Gasteiger partial charge in [0, 0.05) is 24.2 Å². The van der Waals surface area contributed by atoms with Crippen LogP contribution in [0.1, 0.15) is 5.56 Å². The minimum Gasteiger partial charge on any atom is -0.496 e. The van der Waals surface area contributed by atoms with E-state index < -0.39 is 16.7 Å². The molecule has 2 rings (SSSR count). The van der Waals surface area contributed by atoms with Crippen LogP contribution in [0.3, 0.4) is 0 Å². The zero-order valence-corrected chi connectivity index (χ0v) is 13.5. The molecule has 1 aromatic carbocycles. The Kier molecular flexibility index (Phi) is 5.05. The zero-order valence-electron chi connectivity index (χ0n) is 12.6. The lowest BCUT2D eigenvalue weighted by molar-refractivity contribution is -0.384. The largest absolute Gasteiger partial charge is 0.496 e. The van der Waals surface area contributed by atoms with Gasteiger partial charge in [-0.3, -0.25) is 29.9 Å². The van der Waals surface area contributed by atoms with Gasteiger partial charge in [0.2, 0.25) is 0 Å². The van der Waals surface area contributed by atoms with Crippen molar-refractivity contribution in [3.05, 3.63) is 52.1 Å². The normalized spacial score (nSPS) is 16.1. The standard InChI is InChI=1S/C15H13N3O5S/c1-3-6-17-14(20)11(13(19)16-15(17)24)8-9-7-10(18(21)22)4-5-12(9)23-2/h3-5,7-8H,1,6H2,2H3,(H,16,19,24). The van der Waals surface area contributed by atoms with Crippen molar-refractivity contribution in [1.82, 2.24) is 10.2 Å². The van der Waals surface area contributed by atoms with E-state index in [1.807, 2.05) is 0 Å². The van der Waals surface area contributed by atoms with Gasteiger partial charge in [-0.15, -0.1) is 6.58 Å². The summed E-state index contributed by atoms with van der Waals surface area (Å²) in [5, 5.41) is 13.3. The summed E-state index contributed by atoms with van der Waals surface area (Å²) in [5.74, 6) is -1.01. The molecule has 9 heteroatoms. The number of thiocarbonyl (C=S) groups is 1. The van der Waals surface area contributed by atoms with Crippen LogP contribution in [0, 0.1) is 10.1 Å². The second-order valence-corrected chi connectivity index (χ2v) is 5.09. The van der Waals surface area contributed by atoms with Gasteiger partial charge in [0.25, 0.3) is 17.5 Å². The Balaban J connectivity index is 2.52. The molecule has 1 saturated heterocycles. The van der Waals surface area contributed by atoms with Gasteiger partial charge in [-0.05, 0) is 24.4 Å². The topological polar surface area (TPSA) is 102 Å². The first kappa shape index (κ1) is 17.3. The predicted octanol–water partition coefficient (Wildman–Crippen LogP) is 1.42. The first-order chi connectivity index (χ1) is 11.4. The maximum atomic E-state index is 12.4. The number of carbonyl (C=O) groups excluding carboxylic acids is 2. The molecule has 1 N–H and O–H groups in total. The van der Waals surface area contributed by atoms with Crippen LogP contribution in [-0.4, -0.2) is 40.4 Å². The van der Waals surface area contributed by atoms with Crippen molar-refractivity contribution in [3.63, 3.8) is 0 Å². The average Bonchev–Trinajstić information content (AvgIpc) is 2.55. The molecule has 8 nitrogen and oxygen atoms in total. The van der Waals surface area contributed by atoms with Crippen molar-refractivity contribution in [2.75, 3.05) is 13.7 Å². The fraction of sp³-hybridized carbons (Fsp3) is 0.133. The van der Waals surface area contributed by atoms with E-state index in [1.54, 1.807) is 0 Å². The zero-order chi connectivity index (χ0) is 17.9. The third-order valence-electron chi connectivity index (χ3n) is 3.22. The molecule has 0 saturated carbocycles. The number of rotatable bonds is 5. The minimum atomic E-state index is -0.682. The van der Waals surface area contributed by atoms with E-state index in [0.29, 0.717) is 0 Å². The molecule has 1 aliphatic heterocycles. The molecule has 0 aliphatic carbocycles. The van der Waals surface area contributed by atoms with Crippen LogP contribution in [0.25, 0.3) is 6.08 Å². The van der Waals surface area contributed by atoms with Crippen LogP contribution in [0.5, 0.6) is 5.75 Å². The smallest absolute Gasteiger partial charge is 0.270 e. The maximum absolute atomic E-state index is 12.4. The highest BCUT2D eigenvalue weighted by molar-refractivity contribution is 7.80. The lowest BCUT2D eigenvalue weighted by Crippen LogP contribution is -2.53. The van der Waals surface area contributed by atoms with E-state index in [2.05, 4.69) is 11.9 Å². The Morgan fingerprint density at radius 1 is 1.46 bits per heavy atom. The lowest BCUT2D eigenvalue weighted by Gasteiger charge is -2.27. The molecule has 1 fully saturated rings. The molecule has 0 unspecified atom stereocenters. The van der Waals surface area contributed by atoms with Gasteiger partial charge in [-0.2, -0.15) is 0 Å². The fourth-order valence-corrected chi connectivity index (χ4v) is 2.34. The number of carbonyl (C=O) groups is 2. The number of non-ortho nitro benzene ring substituents is 1. The number of ether oxygens (including phenoxy) is 1. The molecule has 0 spiro atoms. The summed E-state index contributed by atoms with van der Waals surface area (Å²) >= 11 is 4.95. The molecular formula is C15H13N3O5S. The molecule has 124 valence electrons. The van der Waals surface area contributed by atoms with Gasteiger partial charge in [0.15, 0.2) is 5.11 Å². The minimum absolute atomic E-state index is 0.0203. The molecule has 1 heterocycles. The highest BCUT2D eigenvalue weighted by Crippen LogP contribution is 2.27. The molecule has 1 aliphatic rings. The summed E-state index contributed by atoms with van der Waals surface area (Å²) in [6.07, 6.45) is 2.70. The van der Waals surface area contributed by atoms with Crippen molar-refractivity contribution in [2.45, 2.75) is 0 Å². The van der Waals surface area contributed by atoms with E-state index in [4.69, 9.17) is 17.0 Å². The first-order valence-electron chi connectivity index (χ1n) is 6.71. The van der Waals surface area contributed by atoms with Gasteiger partial charge < -0.3 is 4.74 Å². The third kappa shape index (κ3) is 3.30. The number of nitro benzene ring substituents is 1. The van der Waals surface area contributed by atoms with E-state index >= 15 is 0 Å². The maximum Gasteiger partial charge on any atom is 0.270 e. The highest BCUT2D eigenvalue weighted by Gasteiger charge is 2.32. The van der Waals surface area contributed by atoms with Crippen LogP contribution < -0.4 is 10.1 Å². The van der Waals surface area contributed by atoms with Crippen molar-refractivity contribution < 1.29 is 19.2 Å². The van der Waals surface area contributed by atoms with Crippen LogP contribution in [-0.2, 0) is 9.59 Å². The van der Waals surface area contributed by atoms with Crippen LogP contribution in [0.15, 0.2) is 36.4 Å². The number of nitrogens with one attached hydrogen (secondary N) is 1. The number of benzene rings is 1. The van der Waals surface area contributed by atoms with Crippen LogP contribution in [0.4, 0.5) is 5.69 Å². The third-order valence-corrected chi connectivity index (χ3v) is 3.54. The Hall–Kier alpha value is -3.07. The van der Waals surface area contributed by atoms with Crippen molar-refractivity contribution in [2.24, 2.45) is 0 Å². The summed E-state index contributed by atoms with van der Waals surface area (Å²) in [7, 11) is 1.38. The summed E-state index contributed by atoms with van der Waals surface area (Å²) in [5.41, 5.74) is -0.161. The summed E-state index contributed by atoms with van der Waals surface area (Å²) in [6.45, 7) is 3.66. The van der Waals surface area contributed by atoms with E-state index in [0.717, 1.165) is 0 Å². The van der Waals surface area contributed by atoms with Crippen LogP contribution in [0.2, 0.25) is 0 Å². The second kappa shape index (κ2) is 7.01. The Bertz CT molecular complexity index is 787. The molecular weight excluding hydrogens is 334 g/mol. The van der Waals surface area contributed by atoms with Gasteiger partial charge in [0.1, 0.15) is 11.3 Å². The number of nitrogens with zero attached hydrogens (tertiary/aromatic N) is 2. The Morgan fingerprint density at radius 3 is 2.75 bits per heavy atom. The number of hydrogen-bond donors (Lipinski definition) is 1. The monoisotopic (exact) mass is 347 g/mol.